The fraction of sp³-hybridized carbons (Fsp3) is 0.207. The molecule has 1 amide bonds. The Hall–Kier alpha value is -4.12. The highest BCUT2D eigenvalue weighted by atomic mass is 32.2. The van der Waals surface area contributed by atoms with Crippen LogP contribution in [0.1, 0.15) is 33.1 Å². The zero-order chi connectivity index (χ0) is 27.7. The Labute approximate surface area is 226 Å². The number of H-pyrrole nitrogens is 2. The molecule has 9 nitrogen and oxygen atoms in total. The van der Waals surface area contributed by atoms with Gasteiger partial charge in [0.2, 0.25) is 10.0 Å². The smallest absolute Gasteiger partial charge is 0.268 e. The highest BCUT2D eigenvalue weighted by Crippen LogP contribution is 2.41. The first-order valence-electron chi connectivity index (χ1n) is 12.4. The molecule has 1 aliphatic heterocycles. The van der Waals surface area contributed by atoms with E-state index in [4.69, 9.17) is 9.84 Å². The van der Waals surface area contributed by atoms with E-state index < -0.39 is 22.0 Å². The van der Waals surface area contributed by atoms with Gasteiger partial charge in [-0.2, -0.15) is 0 Å². The molecule has 6 rings (SSSR count). The molecule has 202 valence electrons. The lowest BCUT2D eigenvalue weighted by atomic mass is 9.84. The second kappa shape index (κ2) is 10.6. The quantitative estimate of drug-likeness (QED) is 0.228. The molecule has 0 spiro atoms. The molecule has 10 heteroatoms. The number of aliphatic hydroxyl groups excluding tert-OH is 1. The summed E-state index contributed by atoms with van der Waals surface area (Å²) >= 11 is 0. The molecule has 0 unspecified atom stereocenters. The third-order valence-corrected chi connectivity index (χ3v) is 8.57. The number of para-hydroxylation sites is 1. The molecule has 3 heterocycles. The van der Waals surface area contributed by atoms with Crippen molar-refractivity contribution >= 4 is 37.7 Å². The van der Waals surface area contributed by atoms with Crippen LogP contribution in [-0.2, 0) is 10.0 Å². The molecule has 0 bridgehead atoms. The lowest BCUT2D eigenvalue weighted by Gasteiger charge is -2.27. The van der Waals surface area contributed by atoms with Gasteiger partial charge in [-0.05, 0) is 54.4 Å². The number of aliphatic hydroxyl groups is 1. The normalized spacial score (nSPS) is 17.2. The molecule has 0 saturated carbocycles. The minimum absolute atomic E-state index is 0.113. The molecule has 3 aromatic carbocycles. The van der Waals surface area contributed by atoms with Gasteiger partial charge in [0.15, 0.2) is 0 Å². The second-order valence-corrected chi connectivity index (χ2v) is 11.1. The maximum atomic E-state index is 13.5. The number of ether oxygens (including phenoxy) is 1. The largest absolute Gasteiger partial charge is 0.497 e. The average Bonchev–Trinajstić information content (AvgIpc) is 3.51. The minimum atomic E-state index is -3.89. The predicted molar refractivity (Wildman–Crippen MR) is 151 cm³/mol. The van der Waals surface area contributed by atoms with E-state index in [2.05, 4.69) is 20.0 Å². The van der Waals surface area contributed by atoms with Crippen molar-refractivity contribution in [3.63, 3.8) is 0 Å². The van der Waals surface area contributed by atoms with Crippen LogP contribution in [0.25, 0.3) is 21.8 Å². The van der Waals surface area contributed by atoms with Gasteiger partial charge in [0.1, 0.15) is 11.4 Å². The Morgan fingerprint density at radius 3 is 2.46 bits per heavy atom. The maximum Gasteiger partial charge on any atom is 0.268 e. The molecular formula is C29H30N4O5S. The number of hydrogen-bond donors (Lipinski definition) is 5. The number of aromatic amines is 2. The minimum Gasteiger partial charge on any atom is -0.497 e. The Bertz CT molecular complexity index is 1760. The van der Waals surface area contributed by atoms with Gasteiger partial charge >= 0.3 is 0 Å². The number of aromatic nitrogens is 2. The number of methoxy groups -OCH3 is 1. The first kappa shape index (κ1) is 26.5. The number of hydrogen-bond acceptors (Lipinski definition) is 5. The number of benzene rings is 3. The van der Waals surface area contributed by atoms with Crippen LogP contribution in [0.2, 0.25) is 0 Å². The van der Waals surface area contributed by atoms with Crippen molar-refractivity contribution in [2.24, 2.45) is 0 Å². The first-order valence-corrected chi connectivity index (χ1v) is 13.9. The summed E-state index contributed by atoms with van der Waals surface area (Å²) in [6, 6.07) is 19.5. The SMILES string of the molecule is CO.COc1ccc2[nH]cc([C@H]3c4c([nH]c5ccccc45)C(=O)NC[C@@H]3NS(=O)(=O)c3ccc(C)cc3)c2c1. The monoisotopic (exact) mass is 546 g/mol. The topological polar surface area (TPSA) is 136 Å². The van der Waals surface area contributed by atoms with Crippen molar-refractivity contribution in [3.8, 4) is 5.75 Å². The van der Waals surface area contributed by atoms with Gasteiger partial charge in [-0.25, -0.2) is 13.1 Å². The van der Waals surface area contributed by atoms with Crippen LogP contribution in [0, 0.1) is 6.92 Å². The Balaban J connectivity index is 0.00000151. The third-order valence-electron chi connectivity index (χ3n) is 7.06. The van der Waals surface area contributed by atoms with Gasteiger partial charge in [0, 0.05) is 47.6 Å². The van der Waals surface area contributed by atoms with Crippen molar-refractivity contribution in [2.45, 2.75) is 23.8 Å². The molecule has 0 saturated heterocycles. The van der Waals surface area contributed by atoms with E-state index in [0.717, 1.165) is 45.6 Å². The van der Waals surface area contributed by atoms with Gasteiger partial charge in [0.25, 0.3) is 5.91 Å². The summed E-state index contributed by atoms with van der Waals surface area (Å²) in [6.07, 6.45) is 1.89. The number of rotatable bonds is 5. The Kier molecular flexibility index (Phi) is 7.17. The summed E-state index contributed by atoms with van der Waals surface area (Å²) in [5.41, 5.74) is 4.72. The zero-order valence-corrected chi connectivity index (χ0v) is 22.6. The highest BCUT2D eigenvalue weighted by Gasteiger charge is 2.38. The molecule has 1 aliphatic rings. The van der Waals surface area contributed by atoms with Crippen LogP contribution in [0.15, 0.2) is 77.8 Å². The van der Waals surface area contributed by atoms with Crippen molar-refractivity contribution in [3.05, 3.63) is 95.3 Å². The van der Waals surface area contributed by atoms with Crippen molar-refractivity contribution in [1.29, 1.82) is 0 Å². The van der Waals surface area contributed by atoms with Crippen LogP contribution in [0.4, 0.5) is 0 Å². The van der Waals surface area contributed by atoms with Crippen molar-refractivity contribution < 1.29 is 23.1 Å². The predicted octanol–water partition coefficient (Wildman–Crippen LogP) is 3.80. The zero-order valence-electron chi connectivity index (χ0n) is 21.8. The standard InChI is InChI=1S/C28H26N4O4S.CH4O/c1-16-7-10-18(11-8-16)37(34,35)32-24-15-30-28(33)27-26(19-5-3-4-6-23(19)31-27)25(24)21-14-29-22-12-9-17(36-2)13-20(21)22;1-2/h3-14,24-25,29,31-32H,15H2,1-2H3,(H,30,33);2H,1H3/t24-,25+;/m0./s1. The second-order valence-electron chi connectivity index (χ2n) is 9.34. The molecule has 0 radical (unpaired) electrons. The summed E-state index contributed by atoms with van der Waals surface area (Å²) in [7, 11) is -1.28. The van der Waals surface area contributed by atoms with Crippen LogP contribution < -0.4 is 14.8 Å². The van der Waals surface area contributed by atoms with Crippen molar-refractivity contribution in [1.82, 2.24) is 20.0 Å². The van der Waals surface area contributed by atoms with E-state index in [0.29, 0.717) is 11.4 Å². The molecule has 2 aromatic heterocycles. The Morgan fingerprint density at radius 2 is 1.72 bits per heavy atom. The lowest BCUT2D eigenvalue weighted by Crippen LogP contribution is -2.45. The summed E-state index contributed by atoms with van der Waals surface area (Å²) in [6.45, 7) is 2.02. The van der Waals surface area contributed by atoms with Crippen molar-refractivity contribution in [2.75, 3.05) is 20.8 Å². The number of aryl methyl sites for hydroxylation is 1. The van der Waals surface area contributed by atoms with Gasteiger partial charge < -0.3 is 25.1 Å². The van der Waals surface area contributed by atoms with E-state index in [-0.39, 0.29) is 17.3 Å². The van der Waals surface area contributed by atoms with E-state index in [1.165, 1.54) is 0 Å². The molecular weight excluding hydrogens is 516 g/mol. The van der Waals surface area contributed by atoms with Gasteiger partial charge in [-0.15, -0.1) is 0 Å². The van der Waals surface area contributed by atoms with Gasteiger partial charge in [-0.1, -0.05) is 35.9 Å². The summed E-state index contributed by atoms with van der Waals surface area (Å²) in [4.78, 5) is 20.0. The average molecular weight is 547 g/mol. The third kappa shape index (κ3) is 4.78. The molecule has 5 N–H and O–H groups in total. The summed E-state index contributed by atoms with van der Waals surface area (Å²) in [5, 5.41) is 11.7. The van der Waals surface area contributed by atoms with Crippen LogP contribution in [0.3, 0.4) is 0 Å². The fourth-order valence-corrected chi connectivity index (χ4v) is 6.50. The number of carbonyl (C=O) groups excluding carboxylic acids is 1. The molecule has 0 fully saturated rings. The number of sulfonamides is 1. The first-order chi connectivity index (χ1) is 18.9. The van der Waals surface area contributed by atoms with Gasteiger partial charge in [0.05, 0.1) is 18.0 Å². The van der Waals surface area contributed by atoms with E-state index in [9.17, 15) is 13.2 Å². The molecule has 0 aliphatic carbocycles. The Morgan fingerprint density at radius 1 is 0.974 bits per heavy atom. The van der Waals surface area contributed by atoms with Crippen LogP contribution in [-0.4, -0.2) is 56.2 Å². The number of carbonyl (C=O) groups is 1. The fourth-order valence-electron chi connectivity index (χ4n) is 5.25. The number of nitrogens with one attached hydrogen (secondary N) is 4. The molecule has 5 aromatic rings. The molecule has 2 atom stereocenters. The lowest BCUT2D eigenvalue weighted by molar-refractivity contribution is 0.0950. The summed E-state index contributed by atoms with van der Waals surface area (Å²) in [5.74, 6) is -0.0658. The van der Waals surface area contributed by atoms with Gasteiger partial charge in [-0.3, -0.25) is 4.79 Å². The van der Waals surface area contributed by atoms with E-state index in [1.54, 1.807) is 31.4 Å². The van der Waals surface area contributed by atoms with E-state index in [1.807, 2.05) is 55.6 Å². The summed E-state index contributed by atoms with van der Waals surface area (Å²) < 4.78 is 35.5. The number of amides is 1. The van der Waals surface area contributed by atoms with Crippen LogP contribution >= 0.6 is 0 Å². The highest BCUT2D eigenvalue weighted by molar-refractivity contribution is 7.89. The van der Waals surface area contributed by atoms with E-state index >= 15 is 0 Å². The number of fused-ring (bicyclic) bond motifs is 4. The van der Waals surface area contributed by atoms with Crippen LogP contribution in [0.5, 0.6) is 5.75 Å². The maximum absolute atomic E-state index is 13.5. The molecule has 39 heavy (non-hydrogen) atoms.